The quantitative estimate of drug-likeness (QED) is 0.141. The van der Waals surface area contributed by atoms with Gasteiger partial charge in [0.25, 0.3) is 0 Å². The zero-order valence-corrected chi connectivity index (χ0v) is 33.4. The summed E-state index contributed by atoms with van der Waals surface area (Å²) in [7, 11) is 0. The molecule has 6 rings (SSSR count). The monoisotopic (exact) mass is 756 g/mol. The van der Waals surface area contributed by atoms with E-state index < -0.39 is 23.1 Å². The molecule has 0 bridgehead atoms. The Bertz CT molecular complexity index is 1930. The third-order valence-electron chi connectivity index (χ3n) is 7.80. The fourth-order valence-electron chi connectivity index (χ4n) is 4.70. The average Bonchev–Trinajstić information content (AvgIpc) is 3.84. The number of aromatic nitrogens is 2. The Morgan fingerprint density at radius 2 is 0.964 bits per heavy atom. The first-order valence-electron chi connectivity index (χ1n) is 17.2. The molecule has 12 nitrogen and oxygen atoms in total. The van der Waals surface area contributed by atoms with Crippen LogP contribution in [0.3, 0.4) is 0 Å². The van der Waals surface area contributed by atoms with E-state index in [-0.39, 0.29) is 29.6 Å². The fraction of sp³-hybridized carbons (Fsp3) is 0.238. The molecule has 0 fully saturated rings. The smallest absolute Gasteiger partial charge is 0.546 e. The summed E-state index contributed by atoms with van der Waals surface area (Å²) in [4.78, 5) is 31.0. The second kappa shape index (κ2) is 19.7. The zero-order chi connectivity index (χ0) is 38.6. The van der Waals surface area contributed by atoms with Crippen LogP contribution in [-0.2, 0) is 22.4 Å². The molecule has 0 aliphatic carbocycles. The molecule has 2 aromatic heterocycles. The van der Waals surface area contributed by atoms with Gasteiger partial charge >= 0.3 is 35.5 Å². The number of carbonyl (C=O) groups is 2. The number of hydrogen-bond acceptors (Lipinski definition) is 11. The van der Waals surface area contributed by atoms with Crippen LogP contribution in [0, 0.1) is 0 Å². The van der Waals surface area contributed by atoms with E-state index in [1.54, 1.807) is 61.1 Å². The first-order valence-corrected chi connectivity index (χ1v) is 17.2. The number of aliphatic carboxylic acids is 2. The van der Waals surface area contributed by atoms with Gasteiger partial charge in [0.2, 0.25) is 11.8 Å². The second-order valence-electron chi connectivity index (χ2n) is 13.0. The van der Waals surface area contributed by atoms with E-state index in [1.807, 2.05) is 60.7 Å². The minimum atomic E-state index is -1.40. The van der Waals surface area contributed by atoms with Crippen molar-refractivity contribution >= 4 is 11.9 Å². The molecule has 0 aliphatic heterocycles. The summed E-state index contributed by atoms with van der Waals surface area (Å²) in [5.41, 5.74) is 0.809. The molecule has 0 aliphatic rings. The Hall–Kier alpha value is -5.56. The summed E-state index contributed by atoms with van der Waals surface area (Å²) < 4.78 is 33.3. The zero-order valence-electron chi connectivity index (χ0n) is 31.4. The molecular formula is C42H41N2NaO10. The van der Waals surface area contributed by atoms with E-state index in [0.717, 1.165) is 22.5 Å². The van der Waals surface area contributed by atoms with Crippen molar-refractivity contribution < 1.29 is 77.1 Å². The Morgan fingerprint density at radius 3 is 1.33 bits per heavy atom. The van der Waals surface area contributed by atoms with Crippen LogP contribution in [0.15, 0.2) is 131 Å². The summed E-state index contributed by atoms with van der Waals surface area (Å²) in [5.74, 6) is 1.10. The largest absolute Gasteiger partial charge is 1.00 e. The Labute approximate surface area is 341 Å². The van der Waals surface area contributed by atoms with Crippen molar-refractivity contribution in [3.63, 3.8) is 0 Å². The maximum Gasteiger partial charge on any atom is 1.00 e. The van der Waals surface area contributed by atoms with Gasteiger partial charge in [-0.2, -0.15) is 0 Å². The van der Waals surface area contributed by atoms with Crippen LogP contribution in [0.1, 0.15) is 39.1 Å². The van der Waals surface area contributed by atoms with E-state index >= 15 is 0 Å². The Balaban J connectivity index is 0.000000240. The molecule has 55 heavy (non-hydrogen) atoms. The summed E-state index contributed by atoms with van der Waals surface area (Å²) in [6.45, 7) is 6.76. The van der Waals surface area contributed by atoms with Gasteiger partial charge in [0.15, 0.2) is 5.60 Å². The second-order valence-corrected chi connectivity index (χ2v) is 13.0. The van der Waals surface area contributed by atoms with E-state index in [9.17, 15) is 14.7 Å². The van der Waals surface area contributed by atoms with Crippen molar-refractivity contribution in [3.8, 4) is 45.9 Å². The van der Waals surface area contributed by atoms with Crippen LogP contribution < -0.4 is 53.6 Å². The molecule has 0 unspecified atom stereocenters. The number of benzene rings is 4. The summed E-state index contributed by atoms with van der Waals surface area (Å²) in [6, 6.07) is 33.0. The maximum atomic E-state index is 11.1. The van der Waals surface area contributed by atoms with Gasteiger partial charge in [0.05, 0.1) is 30.6 Å². The van der Waals surface area contributed by atoms with Crippen molar-refractivity contribution in [1.82, 2.24) is 9.97 Å². The number of ether oxygens (including phenoxy) is 4. The number of carboxylic acid groups (broad SMARTS) is 2. The topological polar surface area (TPSA) is 166 Å². The van der Waals surface area contributed by atoms with E-state index in [1.165, 1.54) is 27.7 Å². The molecule has 0 saturated carbocycles. The fourth-order valence-corrected chi connectivity index (χ4v) is 4.70. The third kappa shape index (κ3) is 12.8. The van der Waals surface area contributed by atoms with Crippen LogP contribution in [0.5, 0.6) is 23.0 Å². The van der Waals surface area contributed by atoms with Gasteiger partial charge in [0, 0.05) is 24.0 Å². The number of carbonyl (C=O) groups excluding carboxylic acids is 1. The molecule has 1 N–H and O–H groups in total. The van der Waals surface area contributed by atoms with E-state index in [4.69, 9.17) is 32.9 Å². The Kier molecular flexibility index (Phi) is 15.1. The van der Waals surface area contributed by atoms with Crippen LogP contribution in [0.4, 0.5) is 0 Å². The van der Waals surface area contributed by atoms with Gasteiger partial charge in [-0.1, -0.05) is 36.4 Å². The molecule has 0 radical (unpaired) electrons. The van der Waals surface area contributed by atoms with Crippen molar-refractivity contribution in [1.29, 1.82) is 0 Å². The molecular weight excluding hydrogens is 715 g/mol. The van der Waals surface area contributed by atoms with Crippen LogP contribution in [-0.4, -0.2) is 51.4 Å². The van der Waals surface area contributed by atoms with Crippen molar-refractivity contribution in [2.45, 2.75) is 51.7 Å². The standard InChI is InChI=1S/2C21H21NO5.Na/c2*1-21(2,20(23)24)27-18-10-8-17(9-11-18)25-13-12-16-14-26-19(22-16)15-6-4-3-5-7-15;/h2*3-11,14H,12-13H2,1-2H3,(H,23,24);/q;;+1/p-1. The summed E-state index contributed by atoms with van der Waals surface area (Å²) >= 11 is 0. The number of oxazole rings is 2. The Morgan fingerprint density at radius 1 is 0.600 bits per heavy atom. The van der Waals surface area contributed by atoms with E-state index in [2.05, 4.69) is 9.97 Å². The molecule has 280 valence electrons. The van der Waals surface area contributed by atoms with Gasteiger partial charge in [-0.3, -0.25) is 0 Å². The van der Waals surface area contributed by atoms with Gasteiger partial charge in [-0.15, -0.1) is 0 Å². The minimum absolute atomic E-state index is 0. The maximum absolute atomic E-state index is 11.1. The summed E-state index contributed by atoms with van der Waals surface area (Å²) in [5, 5.41) is 20.1. The number of nitrogens with zero attached hydrogens (tertiary/aromatic N) is 2. The van der Waals surface area contributed by atoms with Crippen molar-refractivity contribution in [2.75, 3.05) is 13.2 Å². The molecule has 0 spiro atoms. The number of hydrogen-bond donors (Lipinski definition) is 1. The van der Waals surface area contributed by atoms with Gasteiger partial charge < -0.3 is 42.8 Å². The van der Waals surface area contributed by atoms with Gasteiger partial charge in [-0.05, 0) is 100 Å². The molecule has 2 heterocycles. The van der Waals surface area contributed by atoms with Gasteiger partial charge in [0.1, 0.15) is 41.1 Å². The average molecular weight is 757 g/mol. The SMILES string of the molecule is CC(C)(Oc1ccc(OCCc2coc(-c3ccccc3)n2)cc1)C(=O)O.CC(C)(Oc1ccc(OCCc2coc(-c3ccccc3)n2)cc1)C(=O)[O-].[Na+]. The van der Waals surface area contributed by atoms with Crippen molar-refractivity contribution in [3.05, 3.63) is 133 Å². The number of rotatable bonds is 16. The van der Waals surface area contributed by atoms with E-state index in [0.29, 0.717) is 60.8 Å². The predicted octanol–water partition coefficient (Wildman–Crippen LogP) is 4.08. The molecule has 0 atom stereocenters. The predicted molar refractivity (Wildman–Crippen MR) is 197 cm³/mol. The summed E-state index contributed by atoms with van der Waals surface area (Å²) in [6.07, 6.45) is 4.48. The molecule has 0 saturated heterocycles. The molecule has 4 aromatic carbocycles. The molecule has 6 aromatic rings. The van der Waals surface area contributed by atoms with Gasteiger partial charge in [-0.25, -0.2) is 14.8 Å². The van der Waals surface area contributed by atoms with Crippen molar-refractivity contribution in [2.24, 2.45) is 0 Å². The van der Waals surface area contributed by atoms with Crippen LogP contribution in [0.2, 0.25) is 0 Å². The third-order valence-corrected chi connectivity index (χ3v) is 7.80. The van der Waals surface area contributed by atoms with Crippen LogP contribution >= 0.6 is 0 Å². The first-order chi connectivity index (χ1) is 25.9. The first kappa shape index (κ1) is 42.2. The minimum Gasteiger partial charge on any atom is -0.546 e. The number of carboxylic acids is 2. The van der Waals surface area contributed by atoms with Crippen LogP contribution in [0.25, 0.3) is 22.9 Å². The normalized spacial score (nSPS) is 11.0. The molecule has 0 amide bonds. The molecule has 13 heteroatoms.